The molecule has 0 atom stereocenters. The summed E-state index contributed by atoms with van der Waals surface area (Å²) in [5.41, 5.74) is 1.99. The molecule has 0 unspecified atom stereocenters. The molecule has 0 spiro atoms. The Balaban J connectivity index is 0.00000267. The van der Waals surface area contributed by atoms with Crippen LogP contribution in [0.4, 0.5) is 9.59 Å². The molecule has 0 aliphatic carbocycles. The van der Waals surface area contributed by atoms with Crippen LogP contribution in [0.5, 0.6) is 11.5 Å². The Morgan fingerprint density at radius 2 is 1.03 bits per heavy atom. The van der Waals surface area contributed by atoms with Gasteiger partial charge in [0.1, 0.15) is 11.5 Å². The van der Waals surface area contributed by atoms with E-state index in [1.54, 1.807) is 52.7 Å². The molecule has 2 aromatic carbocycles. The molecule has 8 nitrogen and oxygen atoms in total. The number of aryl methyl sites for hydroxylation is 2. The average molecular weight is 662 g/mol. The van der Waals surface area contributed by atoms with E-state index in [4.69, 9.17) is 9.47 Å². The van der Waals surface area contributed by atoms with E-state index in [-0.39, 0.29) is 34.0 Å². The molecule has 4 aromatic rings. The summed E-state index contributed by atoms with van der Waals surface area (Å²) in [5.74, 6) is 1.08. The molecule has 0 aliphatic rings. The Hall–Kier alpha value is -3.24. The Kier molecular flexibility index (Phi) is 12.1. The van der Waals surface area contributed by atoms with Gasteiger partial charge in [0.15, 0.2) is 0 Å². The number of unbranched alkanes of at least 4 members (excludes halogenated alkanes) is 2. The molecule has 2 aromatic heterocycles. The lowest BCUT2D eigenvalue weighted by molar-refractivity contribution is 0.171. The lowest BCUT2D eigenvalue weighted by atomic mass is 10.0. The monoisotopic (exact) mass is 660 g/mol. The average Bonchev–Trinajstić information content (AvgIpc) is 2.89. The van der Waals surface area contributed by atoms with Crippen LogP contribution in [0.15, 0.2) is 60.9 Å². The van der Waals surface area contributed by atoms with Crippen LogP contribution in [0.25, 0.3) is 21.5 Å². The van der Waals surface area contributed by atoms with Crippen molar-refractivity contribution in [2.75, 3.05) is 28.2 Å². The second-order valence-corrected chi connectivity index (χ2v) is 9.30. The highest BCUT2D eigenvalue weighted by Gasteiger charge is 2.13. The van der Waals surface area contributed by atoms with Gasteiger partial charge >= 0.3 is 12.2 Å². The molecular formula is C29H34Br2N4O4. The van der Waals surface area contributed by atoms with Gasteiger partial charge < -0.3 is 19.3 Å². The van der Waals surface area contributed by atoms with E-state index in [9.17, 15) is 9.59 Å². The second-order valence-electron chi connectivity index (χ2n) is 9.30. The van der Waals surface area contributed by atoms with E-state index >= 15 is 0 Å². The summed E-state index contributed by atoms with van der Waals surface area (Å²) in [4.78, 5) is 36.1. The number of hydrogen-bond donors (Lipinski definition) is 0. The number of nitrogens with zero attached hydrogens (tertiary/aromatic N) is 4. The van der Waals surface area contributed by atoms with Gasteiger partial charge in [0.2, 0.25) is 0 Å². The summed E-state index contributed by atoms with van der Waals surface area (Å²) in [6, 6.07) is 15.2. The minimum absolute atomic E-state index is 0. The van der Waals surface area contributed by atoms with Crippen LogP contribution in [0, 0.1) is 0 Å². The maximum absolute atomic E-state index is 12.0. The van der Waals surface area contributed by atoms with Crippen molar-refractivity contribution in [3.05, 3.63) is 72.3 Å². The van der Waals surface area contributed by atoms with Crippen molar-refractivity contribution in [1.82, 2.24) is 19.8 Å². The summed E-state index contributed by atoms with van der Waals surface area (Å²) >= 11 is 0. The second kappa shape index (κ2) is 14.8. The number of ether oxygens (including phenoxy) is 2. The number of aromatic nitrogens is 2. The quantitative estimate of drug-likeness (QED) is 0.189. The smallest absolute Gasteiger partial charge is 0.410 e. The summed E-state index contributed by atoms with van der Waals surface area (Å²) < 4.78 is 11.1. The van der Waals surface area contributed by atoms with Gasteiger partial charge in [-0.3, -0.25) is 9.97 Å². The predicted molar refractivity (Wildman–Crippen MR) is 165 cm³/mol. The highest BCUT2D eigenvalue weighted by Crippen LogP contribution is 2.30. The minimum atomic E-state index is -0.407. The highest BCUT2D eigenvalue weighted by atomic mass is 79.9. The van der Waals surface area contributed by atoms with Gasteiger partial charge in [-0.1, -0.05) is 30.7 Å². The predicted octanol–water partition coefficient (Wildman–Crippen LogP) is 7.02. The summed E-state index contributed by atoms with van der Waals surface area (Å²) in [6.07, 6.45) is 7.35. The van der Waals surface area contributed by atoms with Gasteiger partial charge in [0.25, 0.3) is 0 Å². The number of amides is 2. The fourth-order valence-electron chi connectivity index (χ4n) is 4.19. The SMILES string of the molecule is Br.Br.CN(C)C(=O)Oc1cccc2c(CCCCCc3nccc4c(OC(=O)N(C)C)cccc34)nccc12. The van der Waals surface area contributed by atoms with E-state index in [1.165, 1.54) is 9.80 Å². The first-order valence-electron chi connectivity index (χ1n) is 12.4. The van der Waals surface area contributed by atoms with E-state index < -0.39 is 12.2 Å². The molecule has 0 saturated carbocycles. The first kappa shape index (κ1) is 32.0. The molecule has 10 heteroatoms. The summed E-state index contributed by atoms with van der Waals surface area (Å²) in [6.45, 7) is 0. The number of carbonyl (C=O) groups excluding carboxylic acids is 2. The Bertz CT molecular complexity index is 1320. The van der Waals surface area contributed by atoms with Crippen molar-refractivity contribution < 1.29 is 19.1 Å². The van der Waals surface area contributed by atoms with Gasteiger partial charge in [-0.05, 0) is 49.9 Å². The molecule has 0 bridgehead atoms. The topological polar surface area (TPSA) is 84.9 Å². The number of hydrogen-bond acceptors (Lipinski definition) is 6. The van der Waals surface area contributed by atoms with Crippen LogP contribution in [0.2, 0.25) is 0 Å². The van der Waals surface area contributed by atoms with E-state index in [1.807, 2.05) is 36.4 Å². The van der Waals surface area contributed by atoms with Gasteiger partial charge in [-0.15, -0.1) is 34.0 Å². The number of pyridine rings is 2. The molecule has 0 saturated heterocycles. The van der Waals surface area contributed by atoms with Crippen LogP contribution in [0.3, 0.4) is 0 Å². The molecule has 0 fully saturated rings. The maximum atomic E-state index is 12.0. The molecule has 0 aliphatic heterocycles. The molecule has 39 heavy (non-hydrogen) atoms. The number of fused-ring (bicyclic) bond motifs is 2. The largest absolute Gasteiger partial charge is 0.414 e. The normalized spacial score (nSPS) is 10.4. The summed E-state index contributed by atoms with van der Waals surface area (Å²) in [7, 11) is 6.64. The molecule has 4 rings (SSSR count). The van der Waals surface area contributed by atoms with Crippen LogP contribution >= 0.6 is 34.0 Å². The number of rotatable bonds is 8. The number of benzene rings is 2. The third kappa shape index (κ3) is 7.89. The Labute approximate surface area is 249 Å². The van der Waals surface area contributed by atoms with Crippen molar-refractivity contribution in [2.24, 2.45) is 0 Å². The van der Waals surface area contributed by atoms with Crippen molar-refractivity contribution in [3.8, 4) is 11.5 Å². The van der Waals surface area contributed by atoms with Gasteiger partial charge in [0, 0.05) is 73.5 Å². The third-order valence-corrected chi connectivity index (χ3v) is 6.15. The fraction of sp³-hybridized carbons (Fsp3) is 0.310. The first-order valence-corrected chi connectivity index (χ1v) is 12.4. The molecule has 208 valence electrons. The molecule has 0 N–H and O–H groups in total. The van der Waals surface area contributed by atoms with Crippen LogP contribution in [0.1, 0.15) is 30.7 Å². The molecule has 2 amide bonds. The standard InChI is InChI=1S/C29H32N4O4.2BrH/c1-32(2)28(34)36-26-14-8-10-20-22(26)16-18-30-24(20)12-6-5-7-13-25-21-11-9-15-27(23(21)17-19-31-25)37-29(35)33(3)4;;/h8-11,14-19H,5-7,12-13H2,1-4H3;2*1H. The zero-order chi connectivity index (χ0) is 26.4. The molecule has 2 heterocycles. The lowest BCUT2D eigenvalue weighted by Gasteiger charge is -2.14. The van der Waals surface area contributed by atoms with Crippen molar-refractivity contribution in [3.63, 3.8) is 0 Å². The maximum Gasteiger partial charge on any atom is 0.414 e. The van der Waals surface area contributed by atoms with Crippen LogP contribution in [-0.2, 0) is 12.8 Å². The third-order valence-electron chi connectivity index (χ3n) is 6.15. The van der Waals surface area contributed by atoms with Gasteiger partial charge in [0.05, 0.1) is 0 Å². The highest BCUT2D eigenvalue weighted by molar-refractivity contribution is 8.93. The van der Waals surface area contributed by atoms with Crippen molar-refractivity contribution in [1.29, 1.82) is 0 Å². The zero-order valence-corrected chi connectivity index (χ0v) is 26.0. The fourth-order valence-corrected chi connectivity index (χ4v) is 4.19. The Morgan fingerprint density at radius 1 is 0.615 bits per heavy atom. The van der Waals surface area contributed by atoms with Crippen LogP contribution in [-0.4, -0.2) is 60.1 Å². The van der Waals surface area contributed by atoms with E-state index in [2.05, 4.69) is 9.97 Å². The van der Waals surface area contributed by atoms with Crippen molar-refractivity contribution in [2.45, 2.75) is 32.1 Å². The summed E-state index contributed by atoms with van der Waals surface area (Å²) in [5, 5.41) is 3.77. The van der Waals surface area contributed by atoms with Crippen LogP contribution < -0.4 is 9.47 Å². The minimum Gasteiger partial charge on any atom is -0.410 e. The van der Waals surface area contributed by atoms with E-state index in [0.29, 0.717) is 11.5 Å². The Morgan fingerprint density at radius 3 is 1.41 bits per heavy atom. The first-order chi connectivity index (χ1) is 17.8. The van der Waals surface area contributed by atoms with E-state index in [0.717, 1.165) is 65.0 Å². The number of halogens is 2. The molecule has 0 radical (unpaired) electrons. The zero-order valence-electron chi connectivity index (χ0n) is 22.5. The van der Waals surface area contributed by atoms with Crippen molar-refractivity contribution >= 4 is 67.7 Å². The van der Waals surface area contributed by atoms with Gasteiger partial charge in [-0.25, -0.2) is 9.59 Å². The molecular weight excluding hydrogens is 628 g/mol. The lowest BCUT2D eigenvalue weighted by Crippen LogP contribution is -2.25. The van der Waals surface area contributed by atoms with Gasteiger partial charge in [-0.2, -0.15) is 0 Å². The number of carbonyl (C=O) groups is 2.